The van der Waals surface area contributed by atoms with Gasteiger partial charge in [0.15, 0.2) is 5.78 Å². The summed E-state index contributed by atoms with van der Waals surface area (Å²) in [7, 11) is 1.31. The number of esters is 1. The molecule has 4 nitrogen and oxygen atoms in total. The van der Waals surface area contributed by atoms with Crippen LogP contribution in [0.2, 0.25) is 0 Å². The second-order valence-corrected chi connectivity index (χ2v) is 7.76. The van der Waals surface area contributed by atoms with Gasteiger partial charge in [0, 0.05) is 25.0 Å². The Morgan fingerprint density at radius 1 is 1.14 bits per heavy atom. The quantitative estimate of drug-likeness (QED) is 0.587. The molecule has 0 aliphatic carbocycles. The Balaban J connectivity index is 1.74. The summed E-state index contributed by atoms with van der Waals surface area (Å²) in [4.78, 5) is 28.5. The van der Waals surface area contributed by atoms with Gasteiger partial charge in [0.25, 0.3) is 0 Å². The van der Waals surface area contributed by atoms with Crippen molar-refractivity contribution in [3.05, 3.63) is 71.5 Å². The summed E-state index contributed by atoms with van der Waals surface area (Å²) in [5, 5.41) is 0. The SMILES string of the molecule is COC(=O)[C@@]1(Cc2ccccc2F)C(=O)C[C@H]2CC[C@H]1N2Cc1ccccc1. The number of Topliss-reactive ketones (excluding diaryl/α,β-unsaturated/α-hetero) is 1. The van der Waals surface area contributed by atoms with Crippen LogP contribution in [0.25, 0.3) is 0 Å². The molecular weight excluding hydrogens is 357 g/mol. The van der Waals surface area contributed by atoms with Gasteiger partial charge in [-0.05, 0) is 36.5 Å². The smallest absolute Gasteiger partial charge is 0.321 e. The third kappa shape index (κ3) is 3.04. The summed E-state index contributed by atoms with van der Waals surface area (Å²) in [6.07, 6.45) is 1.92. The van der Waals surface area contributed by atoms with Crippen molar-refractivity contribution in [2.75, 3.05) is 7.11 Å². The normalized spacial score (nSPS) is 27.0. The molecule has 2 aliphatic heterocycles. The lowest BCUT2D eigenvalue weighted by atomic mass is 9.68. The number of fused-ring (bicyclic) bond motifs is 2. The van der Waals surface area contributed by atoms with Crippen LogP contribution in [0.1, 0.15) is 30.4 Å². The third-order valence-corrected chi connectivity index (χ3v) is 6.31. The van der Waals surface area contributed by atoms with Crippen LogP contribution in [0, 0.1) is 11.2 Å². The Labute approximate surface area is 164 Å². The number of rotatable bonds is 5. The summed E-state index contributed by atoms with van der Waals surface area (Å²) >= 11 is 0. The van der Waals surface area contributed by atoms with Gasteiger partial charge in [0.05, 0.1) is 7.11 Å². The zero-order valence-corrected chi connectivity index (χ0v) is 15.9. The summed E-state index contributed by atoms with van der Waals surface area (Å²) < 4.78 is 19.5. The molecule has 3 atom stereocenters. The first-order chi connectivity index (χ1) is 13.6. The minimum absolute atomic E-state index is 0.0356. The molecule has 2 aromatic rings. The van der Waals surface area contributed by atoms with Crippen molar-refractivity contribution >= 4 is 11.8 Å². The summed E-state index contributed by atoms with van der Waals surface area (Å²) in [6, 6.07) is 16.2. The molecule has 2 aromatic carbocycles. The van der Waals surface area contributed by atoms with Gasteiger partial charge in [-0.15, -0.1) is 0 Å². The van der Waals surface area contributed by atoms with Gasteiger partial charge in [0.2, 0.25) is 0 Å². The zero-order valence-electron chi connectivity index (χ0n) is 15.9. The molecule has 5 heteroatoms. The lowest BCUT2D eigenvalue weighted by Crippen LogP contribution is -2.61. The van der Waals surface area contributed by atoms with Crippen molar-refractivity contribution in [2.24, 2.45) is 5.41 Å². The average molecular weight is 381 g/mol. The molecule has 0 unspecified atom stereocenters. The van der Waals surface area contributed by atoms with E-state index in [0.29, 0.717) is 18.5 Å². The number of ether oxygens (including phenoxy) is 1. The summed E-state index contributed by atoms with van der Waals surface area (Å²) in [6.45, 7) is 0.666. The predicted octanol–water partition coefficient (Wildman–Crippen LogP) is 3.53. The first-order valence-corrected chi connectivity index (χ1v) is 9.71. The predicted molar refractivity (Wildman–Crippen MR) is 103 cm³/mol. The fraction of sp³-hybridized carbons (Fsp3) is 0.391. The van der Waals surface area contributed by atoms with E-state index < -0.39 is 17.2 Å². The molecule has 2 aliphatic rings. The third-order valence-electron chi connectivity index (χ3n) is 6.31. The average Bonchev–Trinajstić information content (AvgIpc) is 3.02. The molecule has 28 heavy (non-hydrogen) atoms. The Hall–Kier alpha value is -2.53. The first-order valence-electron chi connectivity index (χ1n) is 9.71. The largest absolute Gasteiger partial charge is 0.468 e. The van der Waals surface area contributed by atoms with E-state index in [-0.39, 0.29) is 24.3 Å². The molecule has 2 heterocycles. The molecule has 0 spiro atoms. The molecule has 0 radical (unpaired) electrons. The Bertz CT molecular complexity index is 884. The first kappa shape index (κ1) is 18.8. The van der Waals surface area contributed by atoms with Crippen LogP contribution in [0.3, 0.4) is 0 Å². The van der Waals surface area contributed by atoms with E-state index in [1.807, 2.05) is 30.3 Å². The number of nitrogens with zero attached hydrogens (tertiary/aromatic N) is 1. The number of carbonyl (C=O) groups excluding carboxylic acids is 2. The second-order valence-electron chi connectivity index (χ2n) is 7.76. The van der Waals surface area contributed by atoms with Crippen molar-refractivity contribution < 1.29 is 18.7 Å². The Morgan fingerprint density at radius 2 is 1.86 bits per heavy atom. The fourth-order valence-electron chi connectivity index (χ4n) is 4.96. The molecule has 2 saturated heterocycles. The van der Waals surface area contributed by atoms with Crippen LogP contribution in [0.5, 0.6) is 0 Å². The zero-order chi connectivity index (χ0) is 19.7. The van der Waals surface area contributed by atoms with Gasteiger partial charge in [-0.3, -0.25) is 14.5 Å². The standard InChI is InChI=1S/C23H24FNO3/c1-28-22(27)23(14-17-9-5-6-10-19(17)24)20-12-11-18(13-21(23)26)25(20)15-16-7-3-2-4-8-16/h2-10,18,20H,11-15H2,1H3/t18-,20-,23-/m1/s1. The number of benzene rings is 2. The maximum Gasteiger partial charge on any atom is 0.321 e. The van der Waals surface area contributed by atoms with Crippen molar-refractivity contribution in [1.82, 2.24) is 4.90 Å². The van der Waals surface area contributed by atoms with E-state index in [2.05, 4.69) is 4.90 Å². The Morgan fingerprint density at radius 3 is 2.57 bits per heavy atom. The topological polar surface area (TPSA) is 46.6 Å². The van der Waals surface area contributed by atoms with Gasteiger partial charge >= 0.3 is 5.97 Å². The maximum atomic E-state index is 14.4. The number of halogens is 1. The number of piperidine rings is 1. The molecule has 146 valence electrons. The van der Waals surface area contributed by atoms with Crippen LogP contribution in [-0.4, -0.2) is 35.8 Å². The van der Waals surface area contributed by atoms with Crippen LogP contribution in [0.15, 0.2) is 54.6 Å². The minimum atomic E-state index is -1.36. The number of carbonyl (C=O) groups is 2. The molecular formula is C23H24FNO3. The van der Waals surface area contributed by atoms with E-state index in [1.54, 1.807) is 18.2 Å². The van der Waals surface area contributed by atoms with Crippen molar-refractivity contribution in [3.63, 3.8) is 0 Å². The van der Waals surface area contributed by atoms with E-state index in [9.17, 15) is 14.0 Å². The maximum absolute atomic E-state index is 14.4. The van der Waals surface area contributed by atoms with Crippen LogP contribution >= 0.6 is 0 Å². The van der Waals surface area contributed by atoms with E-state index >= 15 is 0 Å². The molecule has 2 bridgehead atoms. The van der Waals surface area contributed by atoms with Gasteiger partial charge in [-0.1, -0.05) is 48.5 Å². The van der Waals surface area contributed by atoms with Gasteiger partial charge in [-0.25, -0.2) is 4.39 Å². The molecule has 2 fully saturated rings. The van der Waals surface area contributed by atoms with Crippen molar-refractivity contribution in [2.45, 2.75) is 44.3 Å². The molecule has 0 amide bonds. The lowest BCUT2D eigenvalue weighted by Gasteiger charge is -2.45. The molecule has 0 saturated carbocycles. The second kappa shape index (κ2) is 7.47. The fourth-order valence-corrected chi connectivity index (χ4v) is 4.96. The number of methoxy groups -OCH3 is 1. The van der Waals surface area contributed by atoms with Gasteiger partial charge in [0.1, 0.15) is 11.2 Å². The highest BCUT2D eigenvalue weighted by molar-refractivity contribution is 6.06. The van der Waals surface area contributed by atoms with Crippen LogP contribution < -0.4 is 0 Å². The lowest BCUT2D eigenvalue weighted by molar-refractivity contribution is -0.167. The monoisotopic (exact) mass is 381 g/mol. The van der Waals surface area contributed by atoms with Gasteiger partial charge in [-0.2, -0.15) is 0 Å². The Kier molecular flexibility index (Phi) is 5.02. The highest BCUT2D eigenvalue weighted by atomic mass is 19.1. The van der Waals surface area contributed by atoms with Gasteiger partial charge < -0.3 is 4.74 Å². The number of hydrogen-bond acceptors (Lipinski definition) is 4. The summed E-state index contributed by atoms with van der Waals surface area (Å²) in [5.74, 6) is -1.07. The highest BCUT2D eigenvalue weighted by Crippen LogP contribution is 2.48. The highest BCUT2D eigenvalue weighted by Gasteiger charge is 2.61. The van der Waals surface area contributed by atoms with E-state index in [0.717, 1.165) is 18.4 Å². The van der Waals surface area contributed by atoms with Crippen molar-refractivity contribution in [1.29, 1.82) is 0 Å². The number of hydrogen-bond donors (Lipinski definition) is 0. The van der Waals surface area contributed by atoms with Crippen LogP contribution in [0.4, 0.5) is 4.39 Å². The van der Waals surface area contributed by atoms with Crippen molar-refractivity contribution in [3.8, 4) is 0 Å². The molecule has 0 aromatic heterocycles. The minimum Gasteiger partial charge on any atom is -0.468 e. The van der Waals surface area contributed by atoms with Crippen LogP contribution in [-0.2, 0) is 27.3 Å². The molecule has 4 rings (SSSR count). The molecule has 0 N–H and O–H groups in total. The summed E-state index contributed by atoms with van der Waals surface area (Å²) in [5.41, 5.74) is 0.156. The van der Waals surface area contributed by atoms with E-state index in [1.165, 1.54) is 13.2 Å². The van der Waals surface area contributed by atoms with E-state index in [4.69, 9.17) is 4.74 Å². The number of ketones is 1.